The molecule has 3 atom stereocenters. The molecule has 0 radical (unpaired) electrons. The number of ether oxygens (including phenoxy) is 1. The predicted octanol–water partition coefficient (Wildman–Crippen LogP) is 6.46. The van der Waals surface area contributed by atoms with Gasteiger partial charge in [-0.05, 0) is 60.7 Å². The van der Waals surface area contributed by atoms with Gasteiger partial charge in [-0.25, -0.2) is 9.29 Å². The molecule has 1 aromatic heterocycles. The van der Waals surface area contributed by atoms with Crippen LogP contribution in [0.15, 0.2) is 75.0 Å². The van der Waals surface area contributed by atoms with Crippen LogP contribution in [-0.2, 0) is 14.4 Å². The fourth-order valence-electron chi connectivity index (χ4n) is 5.00. The lowest BCUT2D eigenvalue weighted by molar-refractivity contribution is -0.122. The Kier molecular flexibility index (Phi) is 7.92. The normalized spacial score (nSPS) is 19.4. The Labute approximate surface area is 264 Å². The molecule has 0 unspecified atom stereocenters. The van der Waals surface area contributed by atoms with Crippen LogP contribution in [0.1, 0.15) is 16.4 Å². The molecule has 0 spiro atoms. The van der Waals surface area contributed by atoms with Crippen LogP contribution in [0.2, 0.25) is 10.0 Å². The molecule has 6 rings (SSSR count). The predicted molar refractivity (Wildman–Crippen MR) is 164 cm³/mol. The number of aromatic nitrogens is 1. The highest BCUT2D eigenvalue weighted by molar-refractivity contribution is 9.10. The molecular weight excluding hydrogens is 692 g/mol. The third-order valence-electron chi connectivity index (χ3n) is 6.78. The van der Waals surface area contributed by atoms with Gasteiger partial charge in [-0.3, -0.25) is 19.2 Å². The Morgan fingerprint density at radius 2 is 1.79 bits per heavy atom. The number of nitrogens with one attached hydrogen (secondary N) is 2. The van der Waals surface area contributed by atoms with Crippen LogP contribution in [0.25, 0.3) is 0 Å². The minimum Gasteiger partial charge on any atom is -0.483 e. The number of amides is 3. The van der Waals surface area contributed by atoms with Gasteiger partial charge in [0.25, 0.3) is 5.91 Å². The van der Waals surface area contributed by atoms with E-state index in [1.165, 1.54) is 30.3 Å². The largest absolute Gasteiger partial charge is 0.483 e. The van der Waals surface area contributed by atoms with Gasteiger partial charge in [0.15, 0.2) is 6.61 Å². The summed E-state index contributed by atoms with van der Waals surface area (Å²) >= 11 is 17.5. The van der Waals surface area contributed by atoms with Crippen LogP contribution in [0.4, 0.5) is 15.8 Å². The van der Waals surface area contributed by atoms with Crippen molar-refractivity contribution in [3.8, 4) is 5.75 Å². The Bertz CT molecular complexity index is 1820. The number of imide groups is 1. The number of hydrogen-bond donors (Lipinski definition) is 2. The van der Waals surface area contributed by atoms with Crippen molar-refractivity contribution in [3.05, 3.63) is 101 Å². The van der Waals surface area contributed by atoms with Crippen molar-refractivity contribution in [2.24, 2.45) is 5.92 Å². The van der Waals surface area contributed by atoms with E-state index in [0.717, 1.165) is 28.0 Å². The van der Waals surface area contributed by atoms with Crippen molar-refractivity contribution in [3.63, 3.8) is 0 Å². The van der Waals surface area contributed by atoms with E-state index in [0.29, 0.717) is 36.4 Å². The average molecular weight is 709 g/mol. The molecule has 3 aromatic carbocycles. The van der Waals surface area contributed by atoms with Crippen molar-refractivity contribution in [2.75, 3.05) is 16.8 Å². The van der Waals surface area contributed by atoms with E-state index in [2.05, 4.69) is 26.2 Å². The molecule has 2 N–H and O–H groups in total. The molecule has 3 heterocycles. The van der Waals surface area contributed by atoms with Gasteiger partial charge in [0.2, 0.25) is 11.8 Å². The second-order valence-electron chi connectivity index (χ2n) is 9.39. The van der Waals surface area contributed by atoms with E-state index in [1.807, 2.05) is 0 Å². The second kappa shape index (κ2) is 11.5. The van der Waals surface area contributed by atoms with Crippen LogP contribution >= 0.6 is 62.2 Å². The maximum absolute atomic E-state index is 13.9. The number of benzene rings is 3. The number of thioether (sulfide) groups is 1. The number of carbonyl (C=O) groups excluding carboxylic acids is 3. The molecule has 14 heteroatoms. The summed E-state index contributed by atoms with van der Waals surface area (Å²) in [6, 6.07) is 14.9. The monoisotopic (exact) mass is 707 g/mol. The van der Waals surface area contributed by atoms with E-state index in [4.69, 9.17) is 27.9 Å². The number of rotatable bonds is 6. The molecule has 0 bridgehead atoms. The first-order valence-electron chi connectivity index (χ1n) is 12.3. The van der Waals surface area contributed by atoms with Gasteiger partial charge in [-0.15, -0.1) is 0 Å². The summed E-state index contributed by atoms with van der Waals surface area (Å²) in [7, 11) is 0. The minimum atomic E-state index is -0.895. The van der Waals surface area contributed by atoms with Gasteiger partial charge < -0.3 is 15.0 Å². The number of anilines is 2. The molecule has 214 valence electrons. The summed E-state index contributed by atoms with van der Waals surface area (Å²) in [4.78, 5) is 56.8. The number of nitrogens with zero attached hydrogens (tertiary/aromatic N) is 1. The lowest BCUT2D eigenvalue weighted by Crippen LogP contribution is -2.32. The van der Waals surface area contributed by atoms with Gasteiger partial charge in [0.1, 0.15) is 16.8 Å². The number of carbonyl (C=O) groups is 3. The maximum atomic E-state index is 13.9. The number of aromatic amines is 1. The molecule has 8 nitrogen and oxygen atoms in total. The number of halogens is 4. The first kappa shape index (κ1) is 28.9. The molecule has 2 aliphatic heterocycles. The summed E-state index contributed by atoms with van der Waals surface area (Å²) in [6.45, 7) is -0.380. The maximum Gasteiger partial charge on any atom is 0.305 e. The Hall–Kier alpha value is -3.16. The van der Waals surface area contributed by atoms with E-state index in [9.17, 15) is 23.6 Å². The van der Waals surface area contributed by atoms with Crippen LogP contribution in [0, 0.1) is 11.7 Å². The first-order chi connectivity index (χ1) is 20.1. The SMILES string of the molecule is O=C(COc1ccc(Br)cc1[C@@H]1c2sc(=O)[nH]c2S[C@H]2C(=O)N(c3ccc(F)cc3)C(=O)[C@@H]12)Nc1ccc(Cl)c(Cl)c1. The summed E-state index contributed by atoms with van der Waals surface area (Å²) in [6.07, 6.45) is 0. The zero-order chi connectivity index (χ0) is 29.7. The zero-order valence-electron chi connectivity index (χ0n) is 21.0. The van der Waals surface area contributed by atoms with Crippen LogP contribution in [-0.4, -0.2) is 34.6 Å². The van der Waals surface area contributed by atoms with Crippen molar-refractivity contribution in [1.29, 1.82) is 0 Å². The Morgan fingerprint density at radius 3 is 2.52 bits per heavy atom. The number of fused-ring (bicyclic) bond motifs is 2. The van der Waals surface area contributed by atoms with Gasteiger partial charge >= 0.3 is 4.87 Å². The quantitative estimate of drug-likeness (QED) is 0.223. The van der Waals surface area contributed by atoms with Crippen molar-refractivity contribution < 1.29 is 23.5 Å². The van der Waals surface area contributed by atoms with E-state index < -0.39 is 40.6 Å². The average Bonchev–Trinajstić information content (AvgIpc) is 3.44. The van der Waals surface area contributed by atoms with Gasteiger partial charge in [0, 0.05) is 26.5 Å². The van der Waals surface area contributed by atoms with Crippen LogP contribution in [0.3, 0.4) is 0 Å². The minimum absolute atomic E-state index is 0.252. The van der Waals surface area contributed by atoms with Gasteiger partial charge in [-0.1, -0.05) is 62.2 Å². The third-order valence-corrected chi connectivity index (χ3v) is 10.4. The molecule has 4 aromatic rings. The second-order valence-corrected chi connectivity index (χ2v) is 13.3. The summed E-state index contributed by atoms with van der Waals surface area (Å²) in [5.74, 6) is -3.27. The molecule has 3 amide bonds. The Morgan fingerprint density at radius 1 is 1.02 bits per heavy atom. The molecule has 1 saturated heterocycles. The van der Waals surface area contributed by atoms with Gasteiger partial charge in [-0.2, -0.15) is 0 Å². The molecule has 1 fully saturated rings. The molecule has 0 aliphatic carbocycles. The van der Waals surface area contributed by atoms with Crippen molar-refractivity contribution in [2.45, 2.75) is 16.2 Å². The van der Waals surface area contributed by atoms with E-state index >= 15 is 0 Å². The molecule has 0 saturated carbocycles. The highest BCUT2D eigenvalue weighted by Gasteiger charge is 2.56. The first-order valence-corrected chi connectivity index (χ1v) is 15.6. The zero-order valence-corrected chi connectivity index (χ0v) is 25.8. The fourth-order valence-corrected chi connectivity index (χ4v) is 8.19. The van der Waals surface area contributed by atoms with Crippen LogP contribution in [0.5, 0.6) is 5.75 Å². The number of H-pyrrole nitrogens is 1. The fraction of sp³-hybridized carbons (Fsp3) is 0.143. The van der Waals surface area contributed by atoms with Crippen molar-refractivity contribution in [1.82, 2.24) is 4.98 Å². The number of hydrogen-bond acceptors (Lipinski definition) is 7. The van der Waals surface area contributed by atoms with E-state index in [-0.39, 0.29) is 22.2 Å². The molecule has 42 heavy (non-hydrogen) atoms. The molecular formula is C28H17BrCl2FN3O5S2. The van der Waals surface area contributed by atoms with Crippen LogP contribution < -0.4 is 19.8 Å². The lowest BCUT2D eigenvalue weighted by atomic mass is 9.82. The topological polar surface area (TPSA) is 109 Å². The highest BCUT2D eigenvalue weighted by Crippen LogP contribution is 2.54. The Balaban J connectivity index is 1.35. The standard InChI is InChI=1S/C28H17BrCl2FN3O5S2/c29-12-1-8-19(40-11-20(36)33-14-4-7-17(30)18(31)10-14)16(9-12)21-22-24(41-25-23(21)42-28(39)34-25)27(38)35(26(22)37)15-5-2-13(32)3-6-15/h1-10,21-22,24H,11H2,(H,33,36)(H,34,39)/t21-,22-,24+/m0/s1. The van der Waals surface area contributed by atoms with Gasteiger partial charge in [0.05, 0.1) is 26.7 Å². The highest BCUT2D eigenvalue weighted by atomic mass is 79.9. The smallest absolute Gasteiger partial charge is 0.305 e. The molecule has 2 aliphatic rings. The summed E-state index contributed by atoms with van der Waals surface area (Å²) < 4.78 is 20.2. The van der Waals surface area contributed by atoms with Crippen molar-refractivity contribution >= 4 is 91.3 Å². The number of thiazole rings is 1. The summed E-state index contributed by atoms with van der Waals surface area (Å²) in [5.41, 5.74) is 1.20. The lowest BCUT2D eigenvalue weighted by Gasteiger charge is -2.31. The summed E-state index contributed by atoms with van der Waals surface area (Å²) in [5, 5.41) is 2.95. The third kappa shape index (κ3) is 5.37. The van der Waals surface area contributed by atoms with E-state index in [1.54, 1.807) is 30.3 Å².